The van der Waals surface area contributed by atoms with E-state index in [4.69, 9.17) is 5.11 Å². The summed E-state index contributed by atoms with van der Waals surface area (Å²) in [6.45, 7) is 3.05. The van der Waals surface area contributed by atoms with Crippen LogP contribution in [-0.2, 0) is 19.6 Å². The summed E-state index contributed by atoms with van der Waals surface area (Å²) in [5, 5.41) is 11.1. The molecule has 0 spiro atoms. The van der Waals surface area contributed by atoms with Crippen LogP contribution >= 0.6 is 11.8 Å². The summed E-state index contributed by atoms with van der Waals surface area (Å²) in [6.07, 6.45) is 2.00. The first-order valence-corrected chi connectivity index (χ1v) is 9.27. The van der Waals surface area contributed by atoms with Gasteiger partial charge in [-0.15, -0.1) is 0 Å². The molecular formula is C11H22N2O5S2. The zero-order valence-electron chi connectivity index (χ0n) is 11.9. The molecule has 0 aromatic rings. The Labute approximate surface area is 123 Å². The maximum absolute atomic E-state index is 12.0. The Hall–Kier alpha value is -0.800. The number of carboxylic acids is 1. The fourth-order valence-corrected chi connectivity index (χ4v) is 2.73. The number of hydrogen-bond acceptors (Lipinski definition) is 5. The van der Waals surface area contributed by atoms with Crippen LogP contribution in [-0.4, -0.2) is 55.2 Å². The van der Waals surface area contributed by atoms with Gasteiger partial charge in [-0.2, -0.15) is 11.8 Å². The van der Waals surface area contributed by atoms with Gasteiger partial charge < -0.3 is 10.4 Å². The number of carbonyl (C=O) groups excluding carboxylic acids is 1. The lowest BCUT2D eigenvalue weighted by molar-refractivity contribution is -0.137. The first kappa shape index (κ1) is 19.2. The molecule has 20 heavy (non-hydrogen) atoms. The molecule has 9 heteroatoms. The fraction of sp³-hybridized carbons (Fsp3) is 0.818. The van der Waals surface area contributed by atoms with E-state index in [-0.39, 0.29) is 12.2 Å². The first-order valence-electron chi connectivity index (χ1n) is 6.23. The molecule has 2 unspecified atom stereocenters. The molecule has 7 nitrogen and oxygen atoms in total. The minimum Gasteiger partial charge on any atom is -0.481 e. The number of nitrogens with one attached hydrogen (secondary N) is 2. The van der Waals surface area contributed by atoms with Crippen LogP contribution in [0.15, 0.2) is 0 Å². The second-order valence-corrected chi connectivity index (χ2v) is 7.39. The van der Waals surface area contributed by atoms with Gasteiger partial charge in [0.15, 0.2) is 0 Å². The number of carboxylic acid groups (broad SMARTS) is 1. The van der Waals surface area contributed by atoms with Gasteiger partial charge in [0, 0.05) is 6.04 Å². The number of amides is 1. The van der Waals surface area contributed by atoms with E-state index in [1.165, 1.54) is 18.7 Å². The van der Waals surface area contributed by atoms with Crippen molar-refractivity contribution in [3.63, 3.8) is 0 Å². The van der Waals surface area contributed by atoms with E-state index < -0.39 is 34.0 Å². The molecule has 0 rings (SSSR count). The molecule has 0 aromatic carbocycles. The summed E-state index contributed by atoms with van der Waals surface area (Å²) in [5.41, 5.74) is 0. The number of thioether (sulfide) groups is 1. The molecule has 0 aliphatic heterocycles. The highest BCUT2D eigenvalue weighted by atomic mass is 32.2. The normalized spacial score (nSPS) is 14.6. The second-order valence-electron chi connectivity index (χ2n) is 4.36. The van der Waals surface area contributed by atoms with E-state index in [1.807, 2.05) is 6.26 Å². The van der Waals surface area contributed by atoms with Crippen LogP contribution in [0.4, 0.5) is 0 Å². The van der Waals surface area contributed by atoms with Crippen molar-refractivity contribution in [3.05, 3.63) is 0 Å². The number of carbonyl (C=O) groups is 2. The largest absolute Gasteiger partial charge is 0.481 e. The molecule has 0 saturated heterocycles. The van der Waals surface area contributed by atoms with E-state index in [9.17, 15) is 18.0 Å². The quantitative estimate of drug-likeness (QED) is 0.522. The van der Waals surface area contributed by atoms with Crippen molar-refractivity contribution in [2.24, 2.45) is 0 Å². The standard InChI is InChI=1S/C11H22N2O5S2/c1-4-20(17,18)13-9(5-6-19-3)11(16)12-8(2)7-10(14)15/h8-9,13H,4-7H2,1-3H3,(H,12,16)(H,14,15). The predicted molar refractivity (Wildman–Crippen MR) is 79.2 cm³/mol. The van der Waals surface area contributed by atoms with Crippen LogP contribution in [0, 0.1) is 0 Å². The third kappa shape index (κ3) is 8.39. The Morgan fingerprint density at radius 2 is 1.95 bits per heavy atom. The summed E-state index contributed by atoms with van der Waals surface area (Å²) in [5.74, 6) is -1.00. The smallest absolute Gasteiger partial charge is 0.305 e. The molecule has 0 heterocycles. The minimum atomic E-state index is -3.49. The SMILES string of the molecule is CCS(=O)(=O)NC(CCSC)C(=O)NC(C)CC(=O)O. The second kappa shape index (κ2) is 9.19. The van der Waals surface area contributed by atoms with E-state index in [1.54, 1.807) is 6.92 Å². The number of sulfonamides is 1. The molecule has 118 valence electrons. The van der Waals surface area contributed by atoms with Gasteiger partial charge in [-0.1, -0.05) is 0 Å². The Morgan fingerprint density at radius 1 is 1.35 bits per heavy atom. The summed E-state index contributed by atoms with van der Waals surface area (Å²) >= 11 is 1.50. The van der Waals surface area contributed by atoms with Gasteiger partial charge in [-0.05, 0) is 32.3 Å². The number of hydrogen-bond donors (Lipinski definition) is 3. The van der Waals surface area contributed by atoms with Crippen LogP contribution in [0.1, 0.15) is 26.7 Å². The van der Waals surface area contributed by atoms with Gasteiger partial charge in [0.1, 0.15) is 6.04 Å². The van der Waals surface area contributed by atoms with E-state index in [2.05, 4.69) is 10.0 Å². The molecule has 0 saturated carbocycles. The Morgan fingerprint density at radius 3 is 2.40 bits per heavy atom. The van der Waals surface area contributed by atoms with Crippen molar-refractivity contribution in [3.8, 4) is 0 Å². The number of rotatable bonds is 10. The first-order chi connectivity index (χ1) is 9.21. The van der Waals surface area contributed by atoms with E-state index in [0.29, 0.717) is 12.2 Å². The van der Waals surface area contributed by atoms with Crippen molar-refractivity contribution < 1.29 is 23.1 Å². The average Bonchev–Trinajstić information content (AvgIpc) is 2.33. The molecule has 0 radical (unpaired) electrons. The maximum atomic E-state index is 12.0. The fourth-order valence-electron chi connectivity index (χ4n) is 1.44. The van der Waals surface area contributed by atoms with Crippen molar-refractivity contribution in [2.75, 3.05) is 17.8 Å². The molecule has 0 bridgehead atoms. The van der Waals surface area contributed by atoms with Gasteiger partial charge >= 0.3 is 5.97 Å². The van der Waals surface area contributed by atoms with E-state index in [0.717, 1.165) is 0 Å². The molecule has 0 aliphatic carbocycles. The van der Waals surface area contributed by atoms with Gasteiger partial charge in [-0.3, -0.25) is 9.59 Å². The van der Waals surface area contributed by atoms with E-state index >= 15 is 0 Å². The number of aliphatic carboxylic acids is 1. The molecule has 1 amide bonds. The van der Waals surface area contributed by atoms with Gasteiger partial charge in [0.05, 0.1) is 12.2 Å². The summed E-state index contributed by atoms with van der Waals surface area (Å²) in [4.78, 5) is 22.5. The van der Waals surface area contributed by atoms with Gasteiger partial charge in [0.2, 0.25) is 15.9 Å². The molecule has 0 fully saturated rings. The Bertz CT molecular complexity index is 425. The van der Waals surface area contributed by atoms with Gasteiger partial charge in [0.25, 0.3) is 0 Å². The summed E-state index contributed by atoms with van der Waals surface area (Å²) < 4.78 is 25.4. The van der Waals surface area contributed by atoms with Crippen molar-refractivity contribution in [1.29, 1.82) is 0 Å². The van der Waals surface area contributed by atoms with Crippen molar-refractivity contribution in [1.82, 2.24) is 10.0 Å². The lowest BCUT2D eigenvalue weighted by atomic mass is 10.2. The minimum absolute atomic E-state index is 0.110. The zero-order chi connectivity index (χ0) is 15.8. The Balaban J connectivity index is 4.68. The highest BCUT2D eigenvalue weighted by Gasteiger charge is 2.24. The third-order valence-electron chi connectivity index (χ3n) is 2.50. The van der Waals surface area contributed by atoms with Crippen molar-refractivity contribution >= 4 is 33.7 Å². The summed E-state index contributed by atoms with van der Waals surface area (Å²) in [7, 11) is -3.49. The highest BCUT2D eigenvalue weighted by Crippen LogP contribution is 2.04. The van der Waals surface area contributed by atoms with Crippen molar-refractivity contribution in [2.45, 2.75) is 38.8 Å². The maximum Gasteiger partial charge on any atom is 0.305 e. The molecule has 0 aromatic heterocycles. The molecular weight excluding hydrogens is 304 g/mol. The van der Waals surface area contributed by atoms with Crippen LogP contribution in [0.5, 0.6) is 0 Å². The Kier molecular flexibility index (Phi) is 8.83. The molecule has 0 aliphatic rings. The predicted octanol–water partition coefficient (Wildman–Crippen LogP) is 0.0268. The van der Waals surface area contributed by atoms with Crippen LogP contribution < -0.4 is 10.0 Å². The van der Waals surface area contributed by atoms with Crippen LogP contribution in [0.25, 0.3) is 0 Å². The molecule has 3 N–H and O–H groups in total. The monoisotopic (exact) mass is 326 g/mol. The third-order valence-corrected chi connectivity index (χ3v) is 4.55. The lowest BCUT2D eigenvalue weighted by Crippen LogP contribution is -2.49. The zero-order valence-corrected chi connectivity index (χ0v) is 13.5. The van der Waals surface area contributed by atoms with Crippen LogP contribution in [0.3, 0.4) is 0 Å². The average molecular weight is 326 g/mol. The van der Waals surface area contributed by atoms with Crippen LogP contribution in [0.2, 0.25) is 0 Å². The van der Waals surface area contributed by atoms with Gasteiger partial charge in [-0.25, -0.2) is 13.1 Å². The summed E-state index contributed by atoms with van der Waals surface area (Å²) in [6, 6.07) is -1.42. The highest BCUT2D eigenvalue weighted by molar-refractivity contribution is 7.98. The lowest BCUT2D eigenvalue weighted by Gasteiger charge is -2.20. The molecule has 2 atom stereocenters. The topological polar surface area (TPSA) is 113 Å².